The van der Waals surface area contributed by atoms with Crippen LogP contribution >= 0.6 is 0 Å². The van der Waals surface area contributed by atoms with E-state index < -0.39 is 0 Å². The minimum Gasteiger partial charge on any atom is -0.461 e. The molecule has 0 unspecified atom stereocenters. The predicted molar refractivity (Wildman–Crippen MR) is 66.4 cm³/mol. The fourth-order valence-electron chi connectivity index (χ4n) is 1.60. The van der Waals surface area contributed by atoms with Crippen LogP contribution in [0.2, 0.25) is 0 Å². The minimum atomic E-state index is -0.182. The van der Waals surface area contributed by atoms with Crippen molar-refractivity contribution in [2.75, 3.05) is 0 Å². The van der Waals surface area contributed by atoms with Crippen molar-refractivity contribution in [2.45, 2.75) is 20.5 Å². The number of pyridine rings is 1. The van der Waals surface area contributed by atoms with E-state index in [-0.39, 0.29) is 18.5 Å². The van der Waals surface area contributed by atoms with Crippen molar-refractivity contribution in [3.8, 4) is 0 Å². The Balaban J connectivity index is 2.21. The zero-order valence-corrected chi connectivity index (χ0v) is 10.0. The van der Waals surface area contributed by atoms with E-state index in [1.807, 2.05) is 44.2 Å². The van der Waals surface area contributed by atoms with Crippen molar-refractivity contribution >= 4 is 16.9 Å². The van der Waals surface area contributed by atoms with Crippen LogP contribution in [0, 0.1) is 5.92 Å². The molecule has 17 heavy (non-hydrogen) atoms. The standard InChI is InChI=1S/C14H15NO2/c1-10(2)14(16)17-9-12-6-3-5-11-7-4-8-15-13(11)12/h3-8,10H,9H2,1-2H3. The van der Waals surface area contributed by atoms with E-state index in [2.05, 4.69) is 4.98 Å². The molecular weight excluding hydrogens is 214 g/mol. The van der Waals surface area contributed by atoms with Crippen LogP contribution in [0.3, 0.4) is 0 Å². The summed E-state index contributed by atoms with van der Waals surface area (Å²) in [6, 6.07) is 9.77. The summed E-state index contributed by atoms with van der Waals surface area (Å²) in [6.45, 7) is 3.93. The summed E-state index contributed by atoms with van der Waals surface area (Å²) >= 11 is 0. The lowest BCUT2D eigenvalue weighted by molar-refractivity contribution is -0.148. The van der Waals surface area contributed by atoms with Crippen LogP contribution in [-0.2, 0) is 16.1 Å². The largest absolute Gasteiger partial charge is 0.461 e. The quantitative estimate of drug-likeness (QED) is 0.759. The SMILES string of the molecule is CC(C)C(=O)OCc1cccc2cccnc12. The van der Waals surface area contributed by atoms with E-state index >= 15 is 0 Å². The van der Waals surface area contributed by atoms with E-state index in [0.717, 1.165) is 16.5 Å². The Bertz CT molecular complexity index is 529. The second-order valence-electron chi connectivity index (χ2n) is 4.25. The van der Waals surface area contributed by atoms with Gasteiger partial charge in [0.05, 0.1) is 11.4 Å². The molecule has 0 amide bonds. The fraction of sp³-hybridized carbons (Fsp3) is 0.286. The molecule has 0 fully saturated rings. The van der Waals surface area contributed by atoms with Gasteiger partial charge < -0.3 is 4.74 Å². The van der Waals surface area contributed by atoms with Crippen molar-refractivity contribution in [3.05, 3.63) is 42.1 Å². The van der Waals surface area contributed by atoms with E-state index in [9.17, 15) is 4.79 Å². The highest BCUT2D eigenvalue weighted by Gasteiger charge is 2.09. The predicted octanol–water partition coefficient (Wildman–Crippen LogP) is 2.93. The molecule has 0 radical (unpaired) electrons. The van der Waals surface area contributed by atoms with Gasteiger partial charge in [-0.2, -0.15) is 0 Å². The monoisotopic (exact) mass is 229 g/mol. The van der Waals surface area contributed by atoms with Crippen molar-refractivity contribution in [2.24, 2.45) is 5.92 Å². The second-order valence-corrected chi connectivity index (χ2v) is 4.25. The topological polar surface area (TPSA) is 39.2 Å². The van der Waals surface area contributed by atoms with Gasteiger partial charge in [-0.05, 0) is 6.07 Å². The maximum Gasteiger partial charge on any atom is 0.308 e. The molecule has 0 N–H and O–H groups in total. The van der Waals surface area contributed by atoms with Gasteiger partial charge in [-0.25, -0.2) is 0 Å². The molecule has 0 atom stereocenters. The zero-order chi connectivity index (χ0) is 12.3. The molecule has 88 valence electrons. The molecule has 0 aliphatic carbocycles. The molecule has 0 aliphatic heterocycles. The Morgan fingerprint density at radius 3 is 2.82 bits per heavy atom. The number of esters is 1. The molecule has 0 spiro atoms. The van der Waals surface area contributed by atoms with Gasteiger partial charge in [-0.3, -0.25) is 9.78 Å². The summed E-state index contributed by atoms with van der Waals surface area (Å²) in [5, 5.41) is 1.06. The number of aromatic nitrogens is 1. The van der Waals surface area contributed by atoms with Crippen LogP contribution in [0.15, 0.2) is 36.5 Å². The van der Waals surface area contributed by atoms with Gasteiger partial charge in [0.1, 0.15) is 6.61 Å². The van der Waals surface area contributed by atoms with Gasteiger partial charge in [-0.15, -0.1) is 0 Å². The molecule has 0 saturated heterocycles. The number of rotatable bonds is 3. The lowest BCUT2D eigenvalue weighted by Gasteiger charge is -2.08. The molecule has 1 heterocycles. The number of benzene rings is 1. The maximum absolute atomic E-state index is 11.4. The summed E-state index contributed by atoms with van der Waals surface area (Å²) in [7, 11) is 0. The molecule has 0 bridgehead atoms. The Kier molecular flexibility index (Phi) is 3.38. The molecule has 3 nitrogen and oxygen atoms in total. The summed E-state index contributed by atoms with van der Waals surface area (Å²) in [5.41, 5.74) is 1.84. The van der Waals surface area contributed by atoms with E-state index in [0.29, 0.717) is 0 Å². The van der Waals surface area contributed by atoms with Crippen molar-refractivity contribution in [1.29, 1.82) is 0 Å². The third-order valence-corrected chi connectivity index (χ3v) is 2.56. The molecule has 2 aromatic rings. The number of hydrogen-bond acceptors (Lipinski definition) is 3. The van der Waals surface area contributed by atoms with E-state index in [1.165, 1.54) is 0 Å². The van der Waals surface area contributed by atoms with Crippen molar-refractivity contribution in [3.63, 3.8) is 0 Å². The van der Waals surface area contributed by atoms with Gasteiger partial charge >= 0.3 is 5.97 Å². The molecular formula is C14H15NO2. The highest BCUT2D eigenvalue weighted by atomic mass is 16.5. The van der Waals surface area contributed by atoms with Gasteiger partial charge in [0.15, 0.2) is 0 Å². The Morgan fingerprint density at radius 2 is 2.06 bits per heavy atom. The number of carbonyl (C=O) groups is 1. The number of fused-ring (bicyclic) bond motifs is 1. The van der Waals surface area contributed by atoms with Crippen LogP contribution in [0.4, 0.5) is 0 Å². The highest BCUT2D eigenvalue weighted by Crippen LogP contribution is 2.17. The smallest absolute Gasteiger partial charge is 0.308 e. The second kappa shape index (κ2) is 4.95. The van der Waals surface area contributed by atoms with Gasteiger partial charge in [0.25, 0.3) is 0 Å². The lowest BCUT2D eigenvalue weighted by atomic mass is 10.1. The number of para-hydroxylation sites is 1. The van der Waals surface area contributed by atoms with Crippen LogP contribution in [0.5, 0.6) is 0 Å². The summed E-state index contributed by atoms with van der Waals surface area (Å²) in [4.78, 5) is 15.7. The summed E-state index contributed by atoms with van der Waals surface area (Å²) in [6.07, 6.45) is 1.75. The fourth-order valence-corrected chi connectivity index (χ4v) is 1.60. The average molecular weight is 229 g/mol. The molecule has 0 saturated carbocycles. The third kappa shape index (κ3) is 2.61. The summed E-state index contributed by atoms with van der Waals surface area (Å²) < 4.78 is 5.22. The first-order valence-electron chi connectivity index (χ1n) is 5.68. The first-order chi connectivity index (χ1) is 8.18. The lowest BCUT2D eigenvalue weighted by Crippen LogP contribution is -2.11. The van der Waals surface area contributed by atoms with Crippen LogP contribution in [-0.4, -0.2) is 11.0 Å². The average Bonchev–Trinajstić information content (AvgIpc) is 2.35. The number of carbonyl (C=O) groups excluding carboxylic acids is 1. The van der Waals surface area contributed by atoms with Crippen molar-refractivity contribution < 1.29 is 9.53 Å². The molecule has 3 heteroatoms. The Hall–Kier alpha value is -1.90. The zero-order valence-electron chi connectivity index (χ0n) is 10.0. The Labute approximate surface area is 100 Å². The number of nitrogens with zero attached hydrogens (tertiary/aromatic N) is 1. The summed E-state index contributed by atoms with van der Waals surface area (Å²) in [5.74, 6) is -0.282. The highest BCUT2D eigenvalue weighted by molar-refractivity contribution is 5.81. The number of ether oxygens (including phenoxy) is 1. The van der Waals surface area contributed by atoms with Crippen LogP contribution in [0.1, 0.15) is 19.4 Å². The van der Waals surface area contributed by atoms with Crippen molar-refractivity contribution in [1.82, 2.24) is 4.98 Å². The first-order valence-corrected chi connectivity index (χ1v) is 5.68. The van der Waals surface area contributed by atoms with Gasteiger partial charge in [-0.1, -0.05) is 38.1 Å². The Morgan fingerprint density at radius 1 is 1.29 bits per heavy atom. The van der Waals surface area contributed by atoms with Crippen LogP contribution < -0.4 is 0 Å². The van der Waals surface area contributed by atoms with Gasteiger partial charge in [0.2, 0.25) is 0 Å². The van der Waals surface area contributed by atoms with Gasteiger partial charge in [0, 0.05) is 17.1 Å². The number of hydrogen-bond donors (Lipinski definition) is 0. The first kappa shape index (κ1) is 11.6. The van der Waals surface area contributed by atoms with E-state index in [1.54, 1.807) is 6.20 Å². The van der Waals surface area contributed by atoms with E-state index in [4.69, 9.17) is 4.74 Å². The third-order valence-electron chi connectivity index (χ3n) is 2.56. The molecule has 0 aliphatic rings. The molecule has 2 rings (SSSR count). The minimum absolute atomic E-state index is 0.0991. The maximum atomic E-state index is 11.4. The molecule has 1 aromatic carbocycles. The van der Waals surface area contributed by atoms with Crippen LogP contribution in [0.25, 0.3) is 10.9 Å². The molecule has 1 aromatic heterocycles. The normalized spacial score (nSPS) is 10.8.